The highest BCUT2D eigenvalue weighted by Crippen LogP contribution is 2.18. The maximum absolute atomic E-state index is 12.8. The Kier molecular flexibility index (Phi) is 4.18. The molecular formula is C21H16N8O. The van der Waals surface area contributed by atoms with E-state index in [9.17, 15) is 4.79 Å². The molecule has 0 fully saturated rings. The quantitative estimate of drug-likeness (QED) is 0.489. The van der Waals surface area contributed by atoms with Crippen LogP contribution in [-0.2, 0) is 0 Å². The summed E-state index contributed by atoms with van der Waals surface area (Å²) in [6.45, 7) is 0. The van der Waals surface area contributed by atoms with Crippen molar-refractivity contribution in [2.75, 3.05) is 0 Å². The molecule has 146 valence electrons. The number of hydrazone groups is 1. The minimum Gasteiger partial charge on any atom is -0.382 e. The van der Waals surface area contributed by atoms with E-state index in [0.29, 0.717) is 28.8 Å². The first-order valence-corrected chi connectivity index (χ1v) is 9.18. The third kappa shape index (κ3) is 3.14. The van der Waals surface area contributed by atoms with Crippen molar-refractivity contribution in [3.63, 3.8) is 0 Å². The number of fused-ring (bicyclic) bond motifs is 1. The topological polar surface area (TPSA) is 126 Å². The molecule has 0 saturated carbocycles. The molecule has 4 aromatic rings. The van der Waals surface area contributed by atoms with Gasteiger partial charge in [0.2, 0.25) is 5.78 Å². The molecule has 0 radical (unpaired) electrons. The second-order valence-corrected chi connectivity index (χ2v) is 6.56. The first kappa shape index (κ1) is 17.6. The van der Waals surface area contributed by atoms with Crippen LogP contribution in [0, 0.1) is 0 Å². The van der Waals surface area contributed by atoms with Crippen LogP contribution in [0.15, 0.2) is 87.2 Å². The summed E-state index contributed by atoms with van der Waals surface area (Å²) in [5, 5.41) is 11.1. The van der Waals surface area contributed by atoms with Gasteiger partial charge >= 0.3 is 0 Å². The van der Waals surface area contributed by atoms with Gasteiger partial charge in [-0.15, -0.1) is 0 Å². The van der Waals surface area contributed by atoms with E-state index in [1.165, 1.54) is 10.5 Å². The summed E-state index contributed by atoms with van der Waals surface area (Å²) in [7, 11) is 0. The summed E-state index contributed by atoms with van der Waals surface area (Å²) >= 11 is 0. The van der Waals surface area contributed by atoms with Crippen molar-refractivity contribution in [3.8, 4) is 11.4 Å². The highest BCUT2D eigenvalue weighted by Gasteiger charge is 2.19. The van der Waals surface area contributed by atoms with E-state index in [2.05, 4.69) is 30.7 Å². The van der Waals surface area contributed by atoms with Gasteiger partial charge in [0, 0.05) is 11.6 Å². The molecule has 2 aromatic carbocycles. The number of aromatic amines is 1. The largest absolute Gasteiger partial charge is 0.382 e. The molecule has 30 heavy (non-hydrogen) atoms. The van der Waals surface area contributed by atoms with Gasteiger partial charge in [0.25, 0.3) is 5.56 Å². The summed E-state index contributed by atoms with van der Waals surface area (Å²) in [6, 6.07) is 20.4. The number of benzene rings is 2. The van der Waals surface area contributed by atoms with Crippen LogP contribution in [0.5, 0.6) is 0 Å². The molecule has 0 spiro atoms. The number of hydrogen-bond acceptors (Lipinski definition) is 6. The Hall–Kier alpha value is -4.53. The predicted octanol–water partition coefficient (Wildman–Crippen LogP) is 2.07. The fourth-order valence-corrected chi connectivity index (χ4v) is 3.15. The van der Waals surface area contributed by atoms with Gasteiger partial charge in [-0.2, -0.15) is 15.2 Å². The molecule has 0 saturated heterocycles. The minimum absolute atomic E-state index is 0.217. The lowest BCUT2D eigenvalue weighted by molar-refractivity contribution is 1.03. The minimum atomic E-state index is -0.299. The molecule has 9 heteroatoms. The molecule has 0 aliphatic carbocycles. The van der Waals surface area contributed by atoms with Crippen LogP contribution in [0.4, 0.5) is 5.82 Å². The standard InChI is InChI=1S/C21H16N8O/c22-18-15(11-13-7-3-1-4-8-13)19(26-25-18)23-16-12-17(30)29-20(27-28-21(29)24-16)14-9-5-2-6-10-14/h1-12H,(H2,22,25)(H,23,26)(H,24,28)/b15-11+. The number of aliphatic imine (C=N–C) groups is 1. The van der Waals surface area contributed by atoms with Crippen LogP contribution in [0.3, 0.4) is 0 Å². The normalized spacial score (nSPS) is 16.2. The number of nitrogens with zero attached hydrogens (tertiary/aromatic N) is 5. The summed E-state index contributed by atoms with van der Waals surface area (Å²) in [5.74, 6) is 1.72. The smallest absolute Gasteiger partial charge is 0.263 e. The average molecular weight is 396 g/mol. The zero-order chi connectivity index (χ0) is 20.5. The lowest BCUT2D eigenvalue weighted by Gasteiger charge is -2.02. The van der Waals surface area contributed by atoms with Crippen LogP contribution in [0.2, 0.25) is 0 Å². The Balaban J connectivity index is 1.56. The van der Waals surface area contributed by atoms with Crippen molar-refractivity contribution in [3.05, 3.63) is 88.2 Å². The zero-order valence-corrected chi connectivity index (χ0v) is 15.6. The highest BCUT2D eigenvalue weighted by molar-refractivity contribution is 6.28. The second kappa shape index (κ2) is 7.13. The zero-order valence-electron chi connectivity index (χ0n) is 15.6. The van der Waals surface area contributed by atoms with E-state index >= 15 is 0 Å². The number of aromatic nitrogens is 4. The Bertz CT molecular complexity index is 1380. The van der Waals surface area contributed by atoms with Crippen molar-refractivity contribution in [1.82, 2.24) is 25.0 Å². The number of H-pyrrole nitrogens is 1. The fraction of sp³-hybridized carbons (Fsp3) is 0. The molecular weight excluding hydrogens is 380 g/mol. The van der Waals surface area contributed by atoms with Crippen LogP contribution in [0.25, 0.3) is 23.2 Å². The van der Waals surface area contributed by atoms with Gasteiger partial charge < -0.3 is 5.73 Å². The Morgan fingerprint density at radius 2 is 1.77 bits per heavy atom. The van der Waals surface area contributed by atoms with Crippen molar-refractivity contribution < 1.29 is 0 Å². The number of hydrogen-bond donors (Lipinski definition) is 3. The van der Waals surface area contributed by atoms with Crippen LogP contribution in [-0.4, -0.2) is 31.3 Å². The summed E-state index contributed by atoms with van der Waals surface area (Å²) in [6.07, 6.45) is 1.87. The molecule has 0 amide bonds. The average Bonchev–Trinajstić information content (AvgIpc) is 3.34. The molecule has 0 atom stereocenters. The number of amidine groups is 2. The van der Waals surface area contributed by atoms with Gasteiger partial charge in [-0.3, -0.25) is 10.2 Å². The van der Waals surface area contributed by atoms with Gasteiger partial charge in [0.05, 0.1) is 5.57 Å². The Morgan fingerprint density at radius 3 is 2.53 bits per heavy atom. The van der Waals surface area contributed by atoms with E-state index in [1.54, 1.807) is 0 Å². The summed E-state index contributed by atoms with van der Waals surface area (Å²) in [4.78, 5) is 21.6. The molecule has 0 bridgehead atoms. The molecule has 5 rings (SSSR count). The van der Waals surface area contributed by atoms with Crippen molar-refractivity contribution >= 4 is 29.3 Å². The van der Waals surface area contributed by atoms with E-state index < -0.39 is 0 Å². The van der Waals surface area contributed by atoms with Gasteiger partial charge in [0.1, 0.15) is 0 Å². The summed E-state index contributed by atoms with van der Waals surface area (Å²) < 4.78 is 1.41. The Labute approximate surface area is 170 Å². The van der Waals surface area contributed by atoms with E-state index in [-0.39, 0.29) is 11.4 Å². The van der Waals surface area contributed by atoms with Crippen LogP contribution < -0.4 is 16.7 Å². The molecule has 1 aliphatic rings. The maximum atomic E-state index is 12.8. The van der Waals surface area contributed by atoms with Crippen LogP contribution in [0.1, 0.15) is 5.56 Å². The van der Waals surface area contributed by atoms with Crippen molar-refractivity contribution in [2.45, 2.75) is 0 Å². The third-order valence-electron chi connectivity index (χ3n) is 4.56. The third-order valence-corrected chi connectivity index (χ3v) is 4.56. The molecule has 2 aromatic heterocycles. The number of nitrogens with two attached hydrogens (primary N) is 1. The van der Waals surface area contributed by atoms with Gasteiger partial charge in [-0.1, -0.05) is 60.7 Å². The van der Waals surface area contributed by atoms with Gasteiger partial charge in [0.15, 0.2) is 23.3 Å². The van der Waals surface area contributed by atoms with Crippen molar-refractivity contribution in [1.29, 1.82) is 0 Å². The molecule has 0 unspecified atom stereocenters. The number of nitrogens with one attached hydrogen (secondary N) is 2. The molecule has 3 heterocycles. The van der Waals surface area contributed by atoms with Crippen LogP contribution >= 0.6 is 0 Å². The fourth-order valence-electron chi connectivity index (χ4n) is 3.15. The molecule has 9 nitrogen and oxygen atoms in total. The predicted molar refractivity (Wildman–Crippen MR) is 115 cm³/mol. The van der Waals surface area contributed by atoms with Crippen molar-refractivity contribution in [2.24, 2.45) is 15.8 Å². The first-order valence-electron chi connectivity index (χ1n) is 9.18. The lowest BCUT2D eigenvalue weighted by Crippen LogP contribution is -2.18. The Morgan fingerprint density at radius 1 is 1.03 bits per heavy atom. The van der Waals surface area contributed by atoms with Gasteiger partial charge in [-0.05, 0) is 11.6 Å². The van der Waals surface area contributed by atoms with E-state index in [4.69, 9.17) is 5.73 Å². The SMILES string of the molecule is NC1=NNC(=N\c2cc(=O)n3c(-c4ccccc4)n[nH]c3n2)/C1=C/c1ccccc1. The van der Waals surface area contributed by atoms with E-state index in [0.717, 1.165) is 11.1 Å². The highest BCUT2D eigenvalue weighted by atomic mass is 16.1. The maximum Gasteiger partial charge on any atom is 0.263 e. The second-order valence-electron chi connectivity index (χ2n) is 6.56. The van der Waals surface area contributed by atoms with E-state index in [1.807, 2.05) is 66.7 Å². The number of rotatable bonds is 3. The lowest BCUT2D eigenvalue weighted by atomic mass is 10.1. The summed E-state index contributed by atoms with van der Waals surface area (Å²) in [5.41, 5.74) is 10.9. The monoisotopic (exact) mass is 396 g/mol. The first-order chi connectivity index (χ1) is 14.7. The molecule has 1 aliphatic heterocycles. The van der Waals surface area contributed by atoms with Gasteiger partial charge in [-0.25, -0.2) is 14.5 Å². The molecule has 4 N–H and O–H groups in total.